The Bertz CT molecular complexity index is 1440. The summed E-state index contributed by atoms with van der Waals surface area (Å²) in [5, 5.41) is 1.19. The summed E-state index contributed by atoms with van der Waals surface area (Å²) in [6.07, 6.45) is 9.19. The number of nitrogens with zero attached hydrogens (tertiary/aromatic N) is 3. The van der Waals surface area contributed by atoms with Gasteiger partial charge in [0.1, 0.15) is 6.54 Å². The van der Waals surface area contributed by atoms with Gasteiger partial charge in [-0.2, -0.15) is 0 Å². The lowest BCUT2D eigenvalue weighted by Crippen LogP contribution is -2.43. The Morgan fingerprint density at radius 1 is 0.786 bits per heavy atom. The Labute approximate surface area is 250 Å². The molecule has 220 valence electrons. The number of carbonyl (C=O) groups is 2. The van der Waals surface area contributed by atoms with E-state index in [1.165, 1.54) is 36.6 Å². The quantitative estimate of drug-likeness (QED) is 0.194. The highest BCUT2D eigenvalue weighted by atomic mass is 16.2. The smallest absolute Gasteiger partial charge is 0.242 e. The molecule has 42 heavy (non-hydrogen) atoms. The molecule has 1 saturated carbocycles. The SMILES string of the molecule is CN(C)c1ccc(CN(CCc2c[nH]c3ccccc23)C(=O)CN(Cc2ccccc2)C(=O)CCC2CCCC2)cc1. The summed E-state index contributed by atoms with van der Waals surface area (Å²) in [7, 11) is 4.05. The Morgan fingerprint density at radius 3 is 2.19 bits per heavy atom. The highest BCUT2D eigenvalue weighted by Crippen LogP contribution is 2.29. The average molecular weight is 565 g/mol. The maximum atomic E-state index is 14.0. The zero-order chi connectivity index (χ0) is 29.3. The first kappa shape index (κ1) is 29.4. The van der Waals surface area contributed by atoms with Gasteiger partial charge in [0, 0.05) is 62.9 Å². The fourth-order valence-electron chi connectivity index (χ4n) is 6.09. The van der Waals surface area contributed by atoms with Gasteiger partial charge in [0.15, 0.2) is 0 Å². The highest BCUT2D eigenvalue weighted by molar-refractivity contribution is 5.85. The van der Waals surface area contributed by atoms with E-state index in [0.29, 0.717) is 32.0 Å². The van der Waals surface area contributed by atoms with Crippen LogP contribution in [0.15, 0.2) is 85.1 Å². The van der Waals surface area contributed by atoms with Gasteiger partial charge in [-0.05, 0) is 53.6 Å². The van der Waals surface area contributed by atoms with Gasteiger partial charge in [0.05, 0.1) is 0 Å². The van der Waals surface area contributed by atoms with Crippen molar-refractivity contribution in [3.8, 4) is 0 Å². The molecule has 0 unspecified atom stereocenters. The molecule has 1 heterocycles. The van der Waals surface area contributed by atoms with Crippen LogP contribution in [0.25, 0.3) is 10.9 Å². The molecule has 0 spiro atoms. The number of aromatic amines is 1. The lowest BCUT2D eigenvalue weighted by atomic mass is 10.0. The third kappa shape index (κ3) is 7.81. The first-order valence-corrected chi connectivity index (χ1v) is 15.4. The molecule has 0 bridgehead atoms. The number of fused-ring (bicyclic) bond motifs is 1. The summed E-state index contributed by atoms with van der Waals surface area (Å²) in [5.74, 6) is 0.698. The molecule has 1 aromatic heterocycles. The number of benzene rings is 3. The topological polar surface area (TPSA) is 59.7 Å². The van der Waals surface area contributed by atoms with Gasteiger partial charge in [-0.25, -0.2) is 0 Å². The van der Waals surface area contributed by atoms with Crippen molar-refractivity contribution in [1.29, 1.82) is 0 Å². The van der Waals surface area contributed by atoms with Crippen LogP contribution in [-0.4, -0.2) is 53.8 Å². The third-order valence-electron chi connectivity index (χ3n) is 8.64. The van der Waals surface area contributed by atoms with Crippen molar-refractivity contribution < 1.29 is 9.59 Å². The monoisotopic (exact) mass is 564 g/mol. The van der Waals surface area contributed by atoms with E-state index in [1.54, 1.807) is 4.90 Å². The Hall–Kier alpha value is -4.06. The van der Waals surface area contributed by atoms with E-state index in [1.807, 2.05) is 67.7 Å². The highest BCUT2D eigenvalue weighted by Gasteiger charge is 2.24. The number of H-pyrrole nitrogens is 1. The second-order valence-electron chi connectivity index (χ2n) is 11.9. The molecular formula is C36H44N4O2. The fraction of sp³-hybridized carbons (Fsp3) is 0.389. The Morgan fingerprint density at radius 2 is 1.45 bits per heavy atom. The van der Waals surface area contributed by atoms with Crippen molar-refractivity contribution in [2.75, 3.05) is 32.1 Å². The first-order chi connectivity index (χ1) is 20.5. The minimum absolute atomic E-state index is 0.0170. The molecule has 6 heteroatoms. The normalized spacial score (nSPS) is 13.4. The van der Waals surface area contributed by atoms with Crippen LogP contribution in [0, 0.1) is 5.92 Å². The van der Waals surface area contributed by atoms with Gasteiger partial charge in [0.25, 0.3) is 0 Å². The zero-order valence-corrected chi connectivity index (χ0v) is 25.1. The molecule has 1 fully saturated rings. The summed E-state index contributed by atoms with van der Waals surface area (Å²) in [5.41, 5.74) is 5.54. The van der Waals surface area contributed by atoms with Crippen molar-refractivity contribution in [3.05, 3.63) is 102 Å². The Kier molecular flexibility index (Phi) is 9.96. The van der Waals surface area contributed by atoms with Crippen LogP contribution in [0.4, 0.5) is 5.69 Å². The number of anilines is 1. The first-order valence-electron chi connectivity index (χ1n) is 15.4. The molecular weight excluding hydrogens is 520 g/mol. The van der Waals surface area contributed by atoms with Crippen LogP contribution in [0.3, 0.4) is 0 Å². The van der Waals surface area contributed by atoms with E-state index >= 15 is 0 Å². The number of hydrogen-bond donors (Lipinski definition) is 1. The average Bonchev–Trinajstić information content (AvgIpc) is 3.68. The van der Waals surface area contributed by atoms with Crippen molar-refractivity contribution in [3.63, 3.8) is 0 Å². The zero-order valence-electron chi connectivity index (χ0n) is 25.1. The number of amides is 2. The summed E-state index contributed by atoms with van der Waals surface area (Å²) >= 11 is 0. The molecule has 5 rings (SSSR count). The van der Waals surface area contributed by atoms with E-state index in [9.17, 15) is 9.59 Å². The predicted molar refractivity (Wildman–Crippen MR) is 171 cm³/mol. The van der Waals surface area contributed by atoms with E-state index in [0.717, 1.165) is 35.2 Å². The summed E-state index contributed by atoms with van der Waals surface area (Å²) in [6.45, 7) is 1.61. The molecule has 6 nitrogen and oxygen atoms in total. The summed E-state index contributed by atoms with van der Waals surface area (Å²) in [6, 6.07) is 26.7. The molecule has 1 aliphatic rings. The van der Waals surface area contributed by atoms with Crippen LogP contribution in [-0.2, 0) is 29.1 Å². The number of para-hydroxylation sites is 1. The van der Waals surface area contributed by atoms with Crippen LogP contribution in [0.1, 0.15) is 55.2 Å². The van der Waals surface area contributed by atoms with Gasteiger partial charge in [-0.15, -0.1) is 0 Å². The molecule has 1 N–H and O–H groups in total. The van der Waals surface area contributed by atoms with Crippen molar-refractivity contribution in [2.45, 2.75) is 58.0 Å². The van der Waals surface area contributed by atoms with Crippen molar-refractivity contribution in [1.82, 2.24) is 14.8 Å². The second kappa shape index (κ2) is 14.2. The van der Waals surface area contributed by atoms with Crippen LogP contribution in [0.5, 0.6) is 0 Å². The summed E-state index contributed by atoms with van der Waals surface area (Å²) in [4.78, 5) is 36.7. The fourth-order valence-corrected chi connectivity index (χ4v) is 6.09. The van der Waals surface area contributed by atoms with E-state index < -0.39 is 0 Å². The molecule has 0 radical (unpaired) electrons. The van der Waals surface area contributed by atoms with Crippen molar-refractivity contribution in [2.24, 2.45) is 5.92 Å². The molecule has 0 atom stereocenters. The lowest BCUT2D eigenvalue weighted by Gasteiger charge is -2.28. The third-order valence-corrected chi connectivity index (χ3v) is 8.64. The molecule has 0 aliphatic heterocycles. The largest absolute Gasteiger partial charge is 0.378 e. The maximum absolute atomic E-state index is 14.0. The van der Waals surface area contributed by atoms with Gasteiger partial charge >= 0.3 is 0 Å². The number of hydrogen-bond acceptors (Lipinski definition) is 3. The maximum Gasteiger partial charge on any atom is 0.242 e. The van der Waals surface area contributed by atoms with E-state index in [2.05, 4.69) is 46.3 Å². The van der Waals surface area contributed by atoms with Gasteiger partial charge in [-0.3, -0.25) is 9.59 Å². The predicted octanol–water partition coefficient (Wildman–Crippen LogP) is 6.80. The second-order valence-corrected chi connectivity index (χ2v) is 11.9. The van der Waals surface area contributed by atoms with Crippen molar-refractivity contribution >= 4 is 28.4 Å². The van der Waals surface area contributed by atoms with Crippen LogP contribution < -0.4 is 4.90 Å². The molecule has 3 aromatic carbocycles. The standard InChI is InChI=1S/C36H44N4O2/c1-38(2)32-19-16-30(17-20-32)25-39(23-22-31-24-37-34-15-9-8-14-33(31)34)36(42)27-40(26-29-12-4-3-5-13-29)35(41)21-18-28-10-6-7-11-28/h3-5,8-9,12-17,19-20,24,28,37H,6-7,10-11,18,21-23,25-27H2,1-2H3. The number of carbonyl (C=O) groups excluding carboxylic acids is 2. The molecule has 0 saturated heterocycles. The summed E-state index contributed by atoms with van der Waals surface area (Å²) < 4.78 is 0. The minimum atomic E-state index is -0.0170. The number of rotatable bonds is 13. The van der Waals surface area contributed by atoms with E-state index in [-0.39, 0.29) is 18.4 Å². The number of nitrogens with one attached hydrogen (secondary N) is 1. The van der Waals surface area contributed by atoms with Gasteiger partial charge in [0.2, 0.25) is 11.8 Å². The van der Waals surface area contributed by atoms with Gasteiger partial charge in [-0.1, -0.05) is 86.3 Å². The Balaban J connectivity index is 1.33. The molecule has 2 amide bonds. The molecule has 4 aromatic rings. The van der Waals surface area contributed by atoms with Crippen LogP contribution in [0.2, 0.25) is 0 Å². The lowest BCUT2D eigenvalue weighted by molar-refractivity contribution is -0.141. The minimum Gasteiger partial charge on any atom is -0.378 e. The van der Waals surface area contributed by atoms with Gasteiger partial charge < -0.3 is 19.7 Å². The van der Waals surface area contributed by atoms with E-state index in [4.69, 9.17) is 0 Å². The molecule has 1 aliphatic carbocycles. The van der Waals surface area contributed by atoms with Crippen LogP contribution >= 0.6 is 0 Å². The number of aromatic nitrogens is 1.